The lowest BCUT2D eigenvalue weighted by Gasteiger charge is -2.35. The van der Waals surface area contributed by atoms with Crippen molar-refractivity contribution in [2.45, 2.75) is 6.92 Å². The molecule has 0 spiro atoms. The topological polar surface area (TPSA) is 19.4 Å². The molecule has 0 unspecified atom stereocenters. The van der Waals surface area contributed by atoms with Crippen molar-refractivity contribution >= 4 is 17.4 Å². The predicted octanol–water partition coefficient (Wildman–Crippen LogP) is 1.75. The van der Waals surface area contributed by atoms with E-state index in [1.807, 2.05) is 13.0 Å². The van der Waals surface area contributed by atoms with Crippen LogP contribution in [0.1, 0.15) is 5.69 Å². The summed E-state index contributed by atoms with van der Waals surface area (Å²) in [6.07, 6.45) is 0. The second-order valence-electron chi connectivity index (χ2n) is 4.15. The van der Waals surface area contributed by atoms with E-state index in [-0.39, 0.29) is 0 Å². The number of rotatable bonds is 3. The molecule has 1 aliphatic rings. The summed E-state index contributed by atoms with van der Waals surface area (Å²) in [5.41, 5.74) is 1.08. The third-order valence-electron chi connectivity index (χ3n) is 2.97. The summed E-state index contributed by atoms with van der Waals surface area (Å²) in [4.78, 5) is 9.30. The Hall–Kier alpha value is -0.800. The molecular weight excluding hydrogens is 222 g/mol. The molecule has 0 saturated carbocycles. The number of nitrogens with zero attached hydrogens (tertiary/aromatic N) is 3. The molecule has 0 aliphatic carbocycles. The van der Waals surface area contributed by atoms with Crippen LogP contribution in [0.25, 0.3) is 0 Å². The number of aromatic nitrogens is 1. The lowest BCUT2D eigenvalue weighted by molar-refractivity contribution is 0.272. The van der Waals surface area contributed by atoms with Crippen LogP contribution in [-0.4, -0.2) is 48.5 Å². The van der Waals surface area contributed by atoms with Gasteiger partial charge < -0.3 is 4.90 Å². The molecule has 0 radical (unpaired) electrons. The fraction of sp³-hybridized carbons (Fsp3) is 0.583. The lowest BCUT2D eigenvalue weighted by atomic mass is 10.3. The smallest absolute Gasteiger partial charge is 0.128 e. The van der Waals surface area contributed by atoms with Gasteiger partial charge in [-0.1, -0.05) is 6.07 Å². The maximum atomic E-state index is 5.74. The van der Waals surface area contributed by atoms with Gasteiger partial charge in [0.2, 0.25) is 0 Å². The Morgan fingerprint density at radius 3 is 2.62 bits per heavy atom. The van der Waals surface area contributed by atoms with E-state index in [1.54, 1.807) is 0 Å². The largest absolute Gasteiger partial charge is 0.354 e. The van der Waals surface area contributed by atoms with E-state index in [0.717, 1.165) is 50.1 Å². The van der Waals surface area contributed by atoms with Crippen LogP contribution >= 0.6 is 11.6 Å². The van der Waals surface area contributed by atoms with E-state index in [0.29, 0.717) is 0 Å². The highest BCUT2D eigenvalue weighted by molar-refractivity contribution is 6.18. The van der Waals surface area contributed by atoms with Gasteiger partial charge in [0.25, 0.3) is 0 Å². The highest BCUT2D eigenvalue weighted by Gasteiger charge is 2.17. The van der Waals surface area contributed by atoms with Crippen LogP contribution in [0, 0.1) is 6.92 Å². The first-order valence-corrected chi connectivity index (χ1v) is 6.30. The SMILES string of the molecule is Cc1cccc(N2CCN(CCCl)CC2)n1. The van der Waals surface area contributed by atoms with Crippen molar-refractivity contribution in [3.05, 3.63) is 23.9 Å². The van der Waals surface area contributed by atoms with E-state index < -0.39 is 0 Å². The molecule has 1 saturated heterocycles. The zero-order valence-electron chi connectivity index (χ0n) is 9.69. The van der Waals surface area contributed by atoms with Gasteiger partial charge in [0.15, 0.2) is 0 Å². The van der Waals surface area contributed by atoms with E-state index in [9.17, 15) is 0 Å². The van der Waals surface area contributed by atoms with E-state index in [4.69, 9.17) is 11.6 Å². The third kappa shape index (κ3) is 2.86. The van der Waals surface area contributed by atoms with Crippen molar-refractivity contribution in [1.82, 2.24) is 9.88 Å². The number of anilines is 1. The van der Waals surface area contributed by atoms with Crippen LogP contribution in [0.2, 0.25) is 0 Å². The molecule has 0 bridgehead atoms. The molecule has 1 aromatic rings. The summed E-state index contributed by atoms with van der Waals surface area (Å²) in [7, 11) is 0. The van der Waals surface area contributed by atoms with Gasteiger partial charge in [-0.05, 0) is 19.1 Å². The van der Waals surface area contributed by atoms with Crippen LogP contribution < -0.4 is 4.90 Å². The van der Waals surface area contributed by atoms with Gasteiger partial charge in [0, 0.05) is 44.3 Å². The van der Waals surface area contributed by atoms with E-state index >= 15 is 0 Å². The minimum absolute atomic E-state index is 0.725. The zero-order chi connectivity index (χ0) is 11.4. The number of hydrogen-bond donors (Lipinski definition) is 0. The van der Waals surface area contributed by atoms with Crippen molar-refractivity contribution in [2.24, 2.45) is 0 Å². The fourth-order valence-corrected chi connectivity index (χ4v) is 2.26. The summed E-state index contributed by atoms with van der Waals surface area (Å²) >= 11 is 5.74. The van der Waals surface area contributed by atoms with E-state index in [2.05, 4.69) is 26.9 Å². The molecular formula is C12H18ClN3. The monoisotopic (exact) mass is 239 g/mol. The molecule has 0 atom stereocenters. The molecule has 2 heterocycles. The minimum atomic E-state index is 0.725. The van der Waals surface area contributed by atoms with E-state index in [1.165, 1.54) is 0 Å². The average molecular weight is 240 g/mol. The van der Waals surface area contributed by atoms with Crippen LogP contribution in [0.15, 0.2) is 18.2 Å². The minimum Gasteiger partial charge on any atom is -0.354 e. The quantitative estimate of drug-likeness (QED) is 0.750. The molecule has 4 heteroatoms. The summed E-state index contributed by atoms with van der Waals surface area (Å²) in [6.45, 7) is 7.30. The summed E-state index contributed by atoms with van der Waals surface area (Å²) < 4.78 is 0. The van der Waals surface area contributed by atoms with Gasteiger partial charge in [0.1, 0.15) is 5.82 Å². The lowest BCUT2D eigenvalue weighted by Crippen LogP contribution is -2.47. The molecule has 88 valence electrons. The number of pyridine rings is 1. The second-order valence-corrected chi connectivity index (χ2v) is 4.53. The molecule has 1 aromatic heterocycles. The highest BCUT2D eigenvalue weighted by Crippen LogP contribution is 2.13. The van der Waals surface area contributed by atoms with Crippen molar-refractivity contribution in [1.29, 1.82) is 0 Å². The zero-order valence-corrected chi connectivity index (χ0v) is 10.5. The predicted molar refractivity (Wildman–Crippen MR) is 68.3 cm³/mol. The Balaban J connectivity index is 1.94. The van der Waals surface area contributed by atoms with Crippen molar-refractivity contribution in [3.63, 3.8) is 0 Å². The van der Waals surface area contributed by atoms with Crippen molar-refractivity contribution < 1.29 is 0 Å². The number of piperazine rings is 1. The third-order valence-corrected chi connectivity index (χ3v) is 3.14. The fourth-order valence-electron chi connectivity index (χ4n) is 2.02. The van der Waals surface area contributed by atoms with Crippen molar-refractivity contribution in [3.8, 4) is 0 Å². The van der Waals surface area contributed by atoms with Crippen LogP contribution in [0.5, 0.6) is 0 Å². The Kier molecular flexibility index (Phi) is 4.02. The van der Waals surface area contributed by atoms with Gasteiger partial charge in [0.05, 0.1) is 0 Å². The van der Waals surface area contributed by atoms with Gasteiger partial charge in [-0.25, -0.2) is 4.98 Å². The number of halogens is 1. The molecule has 0 N–H and O–H groups in total. The Bertz CT molecular complexity index is 335. The first-order valence-electron chi connectivity index (χ1n) is 5.76. The van der Waals surface area contributed by atoms with Gasteiger partial charge in [-0.15, -0.1) is 11.6 Å². The molecule has 2 rings (SSSR count). The van der Waals surface area contributed by atoms with Gasteiger partial charge >= 0.3 is 0 Å². The average Bonchev–Trinajstić information content (AvgIpc) is 2.30. The molecule has 1 fully saturated rings. The maximum Gasteiger partial charge on any atom is 0.128 e. The standard InChI is InChI=1S/C12H18ClN3/c1-11-3-2-4-12(14-11)16-9-7-15(6-5-13)8-10-16/h2-4H,5-10H2,1H3. The second kappa shape index (κ2) is 5.51. The Morgan fingerprint density at radius 1 is 1.25 bits per heavy atom. The first kappa shape index (κ1) is 11.7. The van der Waals surface area contributed by atoms with Crippen molar-refractivity contribution in [2.75, 3.05) is 43.5 Å². The molecule has 3 nitrogen and oxygen atoms in total. The van der Waals surface area contributed by atoms with Crippen LogP contribution in [0.4, 0.5) is 5.82 Å². The van der Waals surface area contributed by atoms with Gasteiger partial charge in [-0.3, -0.25) is 4.90 Å². The normalized spacial score (nSPS) is 17.8. The summed E-state index contributed by atoms with van der Waals surface area (Å²) in [5, 5.41) is 0. The maximum absolute atomic E-state index is 5.74. The molecule has 1 aliphatic heterocycles. The first-order chi connectivity index (χ1) is 7.79. The van der Waals surface area contributed by atoms with Crippen LogP contribution in [0.3, 0.4) is 0 Å². The molecule has 16 heavy (non-hydrogen) atoms. The van der Waals surface area contributed by atoms with Crippen LogP contribution in [-0.2, 0) is 0 Å². The Morgan fingerprint density at radius 2 is 2.00 bits per heavy atom. The number of hydrogen-bond acceptors (Lipinski definition) is 3. The molecule has 0 aromatic carbocycles. The number of alkyl halides is 1. The summed E-state index contributed by atoms with van der Waals surface area (Å²) in [5.74, 6) is 1.83. The molecule has 0 amide bonds. The number of aryl methyl sites for hydroxylation is 1. The highest BCUT2D eigenvalue weighted by atomic mass is 35.5. The van der Waals surface area contributed by atoms with Gasteiger partial charge in [-0.2, -0.15) is 0 Å². The summed E-state index contributed by atoms with van der Waals surface area (Å²) in [6, 6.07) is 6.19. The Labute approximate surface area is 102 Å².